The summed E-state index contributed by atoms with van der Waals surface area (Å²) >= 11 is 0. The first-order valence-corrected chi connectivity index (χ1v) is 7.45. The van der Waals surface area contributed by atoms with E-state index < -0.39 is 0 Å². The van der Waals surface area contributed by atoms with Crippen LogP contribution in [0.2, 0.25) is 0 Å². The summed E-state index contributed by atoms with van der Waals surface area (Å²) < 4.78 is 0. The van der Waals surface area contributed by atoms with Crippen molar-refractivity contribution in [2.75, 3.05) is 24.1 Å². The molecule has 3 N–H and O–H groups in total. The lowest BCUT2D eigenvalue weighted by molar-refractivity contribution is 0.326. The number of hydrogen-bond acceptors (Lipinski definition) is 4. The predicted octanol–water partition coefficient (Wildman–Crippen LogP) is 2.47. The molecule has 0 radical (unpaired) electrons. The molecule has 2 aromatic rings. The van der Waals surface area contributed by atoms with Crippen molar-refractivity contribution in [3.05, 3.63) is 30.5 Å². The van der Waals surface area contributed by atoms with E-state index in [9.17, 15) is 0 Å². The Bertz CT molecular complexity index is 635. The Labute approximate surface area is 119 Å². The van der Waals surface area contributed by atoms with E-state index in [1.165, 1.54) is 25.8 Å². The van der Waals surface area contributed by atoms with Gasteiger partial charge in [-0.1, -0.05) is 0 Å². The molecule has 0 spiro atoms. The van der Waals surface area contributed by atoms with E-state index in [0.717, 1.165) is 34.9 Å². The van der Waals surface area contributed by atoms with Crippen LogP contribution < -0.4 is 11.1 Å². The third kappa shape index (κ3) is 2.10. The van der Waals surface area contributed by atoms with Crippen LogP contribution in [-0.2, 0) is 0 Å². The van der Waals surface area contributed by atoms with Crippen molar-refractivity contribution in [2.24, 2.45) is 0 Å². The lowest BCUT2D eigenvalue weighted by Crippen LogP contribution is -2.27. The Morgan fingerprint density at radius 2 is 2.10 bits per heavy atom. The van der Waals surface area contributed by atoms with Gasteiger partial charge in [-0.05, 0) is 43.5 Å². The van der Waals surface area contributed by atoms with Gasteiger partial charge in [0.15, 0.2) is 0 Å². The highest BCUT2D eigenvalue weighted by molar-refractivity contribution is 5.98. The van der Waals surface area contributed by atoms with Gasteiger partial charge in [0.1, 0.15) is 0 Å². The zero-order valence-corrected chi connectivity index (χ0v) is 11.5. The summed E-state index contributed by atoms with van der Waals surface area (Å²) in [5.41, 5.74) is 8.81. The van der Waals surface area contributed by atoms with Gasteiger partial charge >= 0.3 is 0 Å². The standard InChI is InChI=1S/C16H20N4/c17-14-5-6-15(13-2-1-8-18-16(13)14)19-11-7-9-20(10-11)12-3-4-12/h1-2,5-6,8,11-12,19H,3-4,7,9-10,17H2. The van der Waals surface area contributed by atoms with E-state index in [4.69, 9.17) is 5.73 Å². The third-order valence-corrected chi connectivity index (χ3v) is 4.44. The van der Waals surface area contributed by atoms with E-state index in [1.54, 1.807) is 6.20 Å². The van der Waals surface area contributed by atoms with Crippen LogP contribution in [0.5, 0.6) is 0 Å². The molecule has 1 aromatic heterocycles. The number of nitrogens with one attached hydrogen (secondary N) is 1. The summed E-state index contributed by atoms with van der Waals surface area (Å²) in [6.07, 6.45) is 5.80. The number of anilines is 2. The number of hydrogen-bond donors (Lipinski definition) is 2. The normalized spacial score (nSPS) is 23.3. The lowest BCUT2D eigenvalue weighted by Gasteiger charge is -2.18. The Morgan fingerprint density at radius 3 is 2.95 bits per heavy atom. The van der Waals surface area contributed by atoms with E-state index in [-0.39, 0.29) is 0 Å². The average molecular weight is 268 g/mol. The predicted molar refractivity (Wildman–Crippen MR) is 82.8 cm³/mol. The minimum Gasteiger partial charge on any atom is -0.397 e. The Hall–Kier alpha value is -1.81. The molecule has 104 valence electrons. The van der Waals surface area contributed by atoms with Crippen molar-refractivity contribution in [3.63, 3.8) is 0 Å². The second kappa shape index (κ2) is 4.63. The summed E-state index contributed by atoms with van der Waals surface area (Å²) in [6.45, 7) is 2.39. The summed E-state index contributed by atoms with van der Waals surface area (Å²) in [7, 11) is 0. The molecule has 1 aromatic carbocycles. The molecule has 1 aliphatic carbocycles. The fourth-order valence-electron chi connectivity index (χ4n) is 3.22. The highest BCUT2D eigenvalue weighted by atomic mass is 15.2. The lowest BCUT2D eigenvalue weighted by atomic mass is 10.1. The fourth-order valence-corrected chi connectivity index (χ4v) is 3.22. The van der Waals surface area contributed by atoms with Crippen LogP contribution in [0.1, 0.15) is 19.3 Å². The Balaban J connectivity index is 1.58. The Morgan fingerprint density at radius 1 is 1.20 bits per heavy atom. The van der Waals surface area contributed by atoms with Crippen molar-refractivity contribution in [2.45, 2.75) is 31.3 Å². The first kappa shape index (κ1) is 12.0. The van der Waals surface area contributed by atoms with Crippen molar-refractivity contribution < 1.29 is 0 Å². The molecule has 4 nitrogen and oxygen atoms in total. The van der Waals surface area contributed by atoms with Gasteiger partial charge in [-0.3, -0.25) is 9.88 Å². The van der Waals surface area contributed by atoms with Crippen LogP contribution in [0.25, 0.3) is 10.9 Å². The number of nitrogens with two attached hydrogens (primary N) is 1. The molecule has 1 saturated carbocycles. The second-order valence-corrected chi connectivity index (χ2v) is 5.96. The van der Waals surface area contributed by atoms with Gasteiger partial charge in [-0.15, -0.1) is 0 Å². The van der Waals surface area contributed by atoms with Crippen molar-refractivity contribution in [3.8, 4) is 0 Å². The van der Waals surface area contributed by atoms with E-state index in [0.29, 0.717) is 6.04 Å². The van der Waals surface area contributed by atoms with Gasteiger partial charge in [-0.2, -0.15) is 0 Å². The summed E-state index contributed by atoms with van der Waals surface area (Å²) in [5, 5.41) is 4.81. The molecule has 2 fully saturated rings. The van der Waals surface area contributed by atoms with Gasteiger partial charge in [0.25, 0.3) is 0 Å². The molecule has 20 heavy (non-hydrogen) atoms. The van der Waals surface area contributed by atoms with Crippen LogP contribution in [-0.4, -0.2) is 35.1 Å². The quantitative estimate of drug-likeness (QED) is 0.840. The van der Waals surface area contributed by atoms with Gasteiger partial charge in [-0.25, -0.2) is 0 Å². The highest BCUT2D eigenvalue weighted by Crippen LogP contribution is 2.32. The second-order valence-electron chi connectivity index (χ2n) is 5.96. The summed E-state index contributed by atoms with van der Waals surface area (Å²) in [4.78, 5) is 7.01. The number of nitrogens with zero attached hydrogens (tertiary/aromatic N) is 2. The highest BCUT2D eigenvalue weighted by Gasteiger charge is 2.34. The smallest absolute Gasteiger partial charge is 0.0951 e. The molecular weight excluding hydrogens is 248 g/mol. The van der Waals surface area contributed by atoms with Crippen LogP contribution in [0, 0.1) is 0 Å². The number of rotatable bonds is 3. The SMILES string of the molecule is Nc1ccc(NC2CCN(C3CC3)C2)c2cccnc12. The largest absolute Gasteiger partial charge is 0.397 e. The first-order chi connectivity index (χ1) is 9.81. The molecule has 4 heteroatoms. The van der Waals surface area contributed by atoms with Crippen molar-refractivity contribution in [1.29, 1.82) is 0 Å². The zero-order chi connectivity index (χ0) is 13.5. The number of pyridine rings is 1. The molecular formula is C16H20N4. The van der Waals surface area contributed by atoms with Gasteiger partial charge in [0.2, 0.25) is 0 Å². The molecule has 0 bridgehead atoms. The van der Waals surface area contributed by atoms with Crippen LogP contribution in [0.3, 0.4) is 0 Å². The Kier molecular flexibility index (Phi) is 2.77. The third-order valence-electron chi connectivity index (χ3n) is 4.44. The maximum atomic E-state index is 6.00. The van der Waals surface area contributed by atoms with Crippen LogP contribution >= 0.6 is 0 Å². The average Bonchev–Trinajstić information content (AvgIpc) is 3.23. The maximum absolute atomic E-state index is 6.00. The minimum absolute atomic E-state index is 0.544. The number of fused-ring (bicyclic) bond motifs is 1. The number of likely N-dealkylation sites (tertiary alicyclic amines) is 1. The van der Waals surface area contributed by atoms with Gasteiger partial charge in [0, 0.05) is 42.4 Å². The molecule has 2 aliphatic rings. The summed E-state index contributed by atoms with van der Waals surface area (Å²) in [5.74, 6) is 0. The maximum Gasteiger partial charge on any atom is 0.0951 e. The number of nitrogen functional groups attached to an aromatic ring is 1. The van der Waals surface area contributed by atoms with Crippen molar-refractivity contribution in [1.82, 2.24) is 9.88 Å². The molecule has 1 atom stereocenters. The summed E-state index contributed by atoms with van der Waals surface area (Å²) in [6, 6.07) is 9.51. The molecule has 1 aliphatic heterocycles. The number of benzene rings is 1. The van der Waals surface area contributed by atoms with Crippen LogP contribution in [0.15, 0.2) is 30.5 Å². The van der Waals surface area contributed by atoms with E-state index in [1.807, 2.05) is 12.1 Å². The van der Waals surface area contributed by atoms with Gasteiger partial charge < -0.3 is 11.1 Å². The fraction of sp³-hybridized carbons (Fsp3) is 0.438. The minimum atomic E-state index is 0.544. The topological polar surface area (TPSA) is 54.2 Å². The van der Waals surface area contributed by atoms with Crippen molar-refractivity contribution >= 4 is 22.3 Å². The van der Waals surface area contributed by atoms with Gasteiger partial charge in [0.05, 0.1) is 11.2 Å². The molecule has 1 saturated heterocycles. The zero-order valence-electron chi connectivity index (χ0n) is 11.5. The molecule has 0 amide bonds. The molecule has 2 heterocycles. The molecule has 4 rings (SSSR count). The molecule has 1 unspecified atom stereocenters. The first-order valence-electron chi connectivity index (χ1n) is 7.45. The monoisotopic (exact) mass is 268 g/mol. The van der Waals surface area contributed by atoms with Crippen LogP contribution in [0.4, 0.5) is 11.4 Å². The number of aromatic nitrogens is 1. The van der Waals surface area contributed by atoms with E-state index in [2.05, 4.69) is 27.3 Å². The van der Waals surface area contributed by atoms with E-state index >= 15 is 0 Å².